The van der Waals surface area contributed by atoms with E-state index in [9.17, 15) is 5.11 Å². The van der Waals surface area contributed by atoms with Gasteiger partial charge in [-0.25, -0.2) is 5.01 Å². The Morgan fingerprint density at radius 2 is 2.05 bits per heavy atom. The number of hydrogen-bond acceptors (Lipinski definition) is 3. The molecule has 3 rings (SSSR count). The highest BCUT2D eigenvalue weighted by Crippen LogP contribution is 2.73. The molecule has 0 aromatic rings. The van der Waals surface area contributed by atoms with E-state index in [2.05, 4.69) is 45.0 Å². The minimum absolute atomic E-state index is 0.127. The van der Waals surface area contributed by atoms with E-state index in [0.29, 0.717) is 22.4 Å². The normalized spacial score (nSPS) is 41.0. The smallest absolute Gasteiger partial charge is 0.192 e. The number of nitrogens with one attached hydrogen (secondary N) is 1. The third kappa shape index (κ3) is 1.75. The first-order chi connectivity index (χ1) is 8.98. The van der Waals surface area contributed by atoms with Crippen LogP contribution in [0.5, 0.6) is 0 Å². The lowest BCUT2D eigenvalue weighted by atomic mass is 9.84. The third-order valence-corrected chi connectivity index (χ3v) is 5.54. The van der Waals surface area contributed by atoms with Gasteiger partial charge in [0.1, 0.15) is 0 Å². The van der Waals surface area contributed by atoms with Crippen LogP contribution in [0.4, 0.5) is 0 Å². The maximum atomic E-state index is 11.1. The van der Waals surface area contributed by atoms with Crippen molar-refractivity contribution in [3.05, 3.63) is 0 Å². The average molecular weight is 295 g/mol. The molecule has 1 aliphatic heterocycles. The van der Waals surface area contributed by atoms with E-state index in [1.807, 2.05) is 6.92 Å². The number of thiocarbonyl (C=S) groups is 1. The van der Waals surface area contributed by atoms with Crippen LogP contribution in [0.1, 0.15) is 48.0 Å². The van der Waals surface area contributed by atoms with Crippen LogP contribution < -0.4 is 5.32 Å². The molecule has 2 aliphatic carbocycles. The Kier molecular flexibility index (Phi) is 2.67. The second-order valence-electron chi connectivity index (χ2n) is 8.25. The summed E-state index contributed by atoms with van der Waals surface area (Å²) in [5.41, 5.74) is 0.312. The van der Waals surface area contributed by atoms with Crippen LogP contribution in [0.2, 0.25) is 0 Å². The summed E-state index contributed by atoms with van der Waals surface area (Å²) in [7, 11) is 0. The van der Waals surface area contributed by atoms with Crippen LogP contribution in [0.15, 0.2) is 5.10 Å². The molecule has 4 atom stereocenters. The Morgan fingerprint density at radius 3 is 2.60 bits per heavy atom. The molecule has 0 spiro atoms. The largest absolute Gasteiger partial charge is 0.368 e. The van der Waals surface area contributed by atoms with Crippen LogP contribution in [0.25, 0.3) is 0 Å². The summed E-state index contributed by atoms with van der Waals surface area (Å²) in [6, 6.07) is 0. The fraction of sp³-hybridized carbons (Fsp3) is 0.867. The van der Waals surface area contributed by atoms with Crippen LogP contribution in [-0.2, 0) is 0 Å². The summed E-state index contributed by atoms with van der Waals surface area (Å²) in [4.78, 5) is 0. The molecule has 2 fully saturated rings. The van der Waals surface area contributed by atoms with Gasteiger partial charge in [-0.2, -0.15) is 5.10 Å². The molecular formula is C15H25N3OS. The molecule has 2 saturated carbocycles. The summed E-state index contributed by atoms with van der Waals surface area (Å²) in [5, 5.41) is 21.2. The average Bonchev–Trinajstić information content (AvgIpc) is 2.56. The van der Waals surface area contributed by atoms with Crippen molar-refractivity contribution in [2.75, 3.05) is 0 Å². The summed E-state index contributed by atoms with van der Waals surface area (Å²) in [6.07, 6.45) is 0.766. The molecule has 4 nitrogen and oxygen atoms in total. The Bertz CT molecular complexity index is 508. The fourth-order valence-corrected chi connectivity index (χ4v) is 4.80. The second kappa shape index (κ2) is 3.74. The highest BCUT2D eigenvalue weighted by Gasteiger charge is 2.75. The lowest BCUT2D eigenvalue weighted by molar-refractivity contribution is -0.0864. The molecule has 112 valence electrons. The van der Waals surface area contributed by atoms with Crippen LogP contribution in [0.3, 0.4) is 0 Å². The molecule has 0 aromatic heterocycles. The molecule has 0 amide bonds. The van der Waals surface area contributed by atoms with E-state index in [0.717, 1.165) is 12.1 Å². The maximum Gasteiger partial charge on any atom is 0.192 e. The molecule has 2 unspecified atom stereocenters. The standard InChI is InChI=1S/C15H25N3OS/c1-8-10-11-9(14(11,5)6)7-15(10,19)18(17-8)12(20)16-13(2,3)4/h9-11,19H,7H2,1-6H3,(H,16,20)/t9-,10?,11-,15?/m1/s1. The van der Waals surface area contributed by atoms with Gasteiger partial charge in [0.15, 0.2) is 10.8 Å². The van der Waals surface area contributed by atoms with Crippen molar-refractivity contribution < 1.29 is 5.11 Å². The van der Waals surface area contributed by atoms with Gasteiger partial charge >= 0.3 is 0 Å². The van der Waals surface area contributed by atoms with Gasteiger partial charge in [-0.05, 0) is 57.2 Å². The van der Waals surface area contributed by atoms with Crippen molar-refractivity contribution in [3.8, 4) is 0 Å². The van der Waals surface area contributed by atoms with Crippen LogP contribution in [-0.4, -0.2) is 32.2 Å². The Morgan fingerprint density at radius 1 is 1.45 bits per heavy atom. The third-order valence-electron chi connectivity index (χ3n) is 5.27. The van der Waals surface area contributed by atoms with Gasteiger partial charge in [-0.1, -0.05) is 13.8 Å². The van der Waals surface area contributed by atoms with E-state index < -0.39 is 5.72 Å². The second-order valence-corrected chi connectivity index (χ2v) is 8.63. The summed E-state index contributed by atoms with van der Waals surface area (Å²) < 4.78 is 0. The Hall–Kier alpha value is -0.680. The van der Waals surface area contributed by atoms with Gasteiger partial charge in [0.25, 0.3) is 0 Å². The first-order valence-corrected chi connectivity index (χ1v) is 7.79. The van der Waals surface area contributed by atoms with Crippen molar-refractivity contribution in [2.24, 2.45) is 28.3 Å². The van der Waals surface area contributed by atoms with Gasteiger partial charge in [0, 0.05) is 17.7 Å². The van der Waals surface area contributed by atoms with Crippen molar-refractivity contribution >= 4 is 23.0 Å². The van der Waals surface area contributed by atoms with E-state index in [1.165, 1.54) is 0 Å². The first-order valence-electron chi connectivity index (χ1n) is 7.38. The van der Waals surface area contributed by atoms with E-state index in [4.69, 9.17) is 12.2 Å². The summed E-state index contributed by atoms with van der Waals surface area (Å²) in [6.45, 7) is 12.8. The molecule has 0 saturated heterocycles. The number of hydrazone groups is 1. The van der Waals surface area contributed by atoms with Crippen LogP contribution in [0, 0.1) is 23.2 Å². The van der Waals surface area contributed by atoms with E-state index in [-0.39, 0.29) is 11.5 Å². The molecular weight excluding hydrogens is 270 g/mol. The zero-order chi connectivity index (χ0) is 15.1. The Labute approximate surface area is 126 Å². The highest BCUT2D eigenvalue weighted by atomic mass is 32.1. The number of aliphatic hydroxyl groups is 1. The molecule has 20 heavy (non-hydrogen) atoms. The number of hydrogen-bond donors (Lipinski definition) is 2. The van der Waals surface area contributed by atoms with Crippen molar-refractivity contribution in [1.29, 1.82) is 0 Å². The van der Waals surface area contributed by atoms with E-state index >= 15 is 0 Å². The quantitative estimate of drug-likeness (QED) is 0.673. The predicted octanol–water partition coefficient (Wildman–Crippen LogP) is 2.33. The minimum atomic E-state index is -0.912. The van der Waals surface area contributed by atoms with Gasteiger partial charge in [-0.3, -0.25) is 0 Å². The lowest BCUT2D eigenvalue weighted by Crippen LogP contribution is -2.56. The van der Waals surface area contributed by atoms with E-state index in [1.54, 1.807) is 5.01 Å². The van der Waals surface area contributed by atoms with Crippen molar-refractivity contribution in [2.45, 2.75) is 59.2 Å². The molecule has 5 heteroatoms. The molecule has 2 N–H and O–H groups in total. The van der Waals surface area contributed by atoms with Gasteiger partial charge in [0.05, 0.1) is 5.92 Å². The van der Waals surface area contributed by atoms with Gasteiger partial charge < -0.3 is 10.4 Å². The number of nitrogens with zero attached hydrogens (tertiary/aromatic N) is 2. The lowest BCUT2D eigenvalue weighted by Gasteiger charge is -2.38. The molecule has 0 radical (unpaired) electrons. The van der Waals surface area contributed by atoms with Gasteiger partial charge in [0.2, 0.25) is 0 Å². The monoisotopic (exact) mass is 295 g/mol. The van der Waals surface area contributed by atoms with Crippen molar-refractivity contribution in [1.82, 2.24) is 10.3 Å². The highest BCUT2D eigenvalue weighted by molar-refractivity contribution is 7.80. The molecule has 0 aromatic carbocycles. The fourth-order valence-electron chi connectivity index (χ4n) is 4.29. The zero-order valence-corrected chi connectivity index (χ0v) is 14.0. The minimum Gasteiger partial charge on any atom is -0.368 e. The zero-order valence-electron chi connectivity index (χ0n) is 13.2. The molecule has 3 aliphatic rings. The molecule has 0 bridgehead atoms. The Balaban J connectivity index is 1.85. The SMILES string of the molecule is CC1=NN(C(=S)NC(C)(C)C)C2(O)C[C@@H]3[C@H](C12)C3(C)C. The van der Waals surface area contributed by atoms with Crippen LogP contribution >= 0.6 is 12.2 Å². The first kappa shape index (κ1) is 14.3. The van der Waals surface area contributed by atoms with Crippen molar-refractivity contribution in [3.63, 3.8) is 0 Å². The maximum absolute atomic E-state index is 11.1. The number of rotatable bonds is 0. The number of fused-ring (bicyclic) bond motifs is 3. The topological polar surface area (TPSA) is 47.9 Å². The predicted molar refractivity (Wildman–Crippen MR) is 84.3 cm³/mol. The van der Waals surface area contributed by atoms with Gasteiger partial charge in [-0.15, -0.1) is 0 Å². The summed E-state index contributed by atoms with van der Waals surface area (Å²) >= 11 is 5.47. The summed E-state index contributed by atoms with van der Waals surface area (Å²) in [5.74, 6) is 1.25. The molecule has 1 heterocycles.